The van der Waals surface area contributed by atoms with Gasteiger partial charge in [-0.05, 0) is 31.5 Å². The van der Waals surface area contributed by atoms with E-state index in [-0.39, 0.29) is 0 Å². The number of aromatic nitrogens is 3. The highest BCUT2D eigenvalue weighted by molar-refractivity contribution is 5.96. The molecule has 3 rings (SSSR count). The molecular formula is C21H23N5O2. The van der Waals surface area contributed by atoms with E-state index < -0.39 is 5.97 Å². The molecule has 0 atom stereocenters. The van der Waals surface area contributed by atoms with Crippen LogP contribution in [0.4, 0.5) is 17.5 Å². The van der Waals surface area contributed by atoms with Gasteiger partial charge in [-0.1, -0.05) is 42.5 Å². The van der Waals surface area contributed by atoms with Gasteiger partial charge in [-0.3, -0.25) is 0 Å². The molecule has 0 radical (unpaired) electrons. The molecule has 0 bridgehead atoms. The Morgan fingerprint density at radius 3 is 2.57 bits per heavy atom. The minimum Gasteiger partial charge on any atom is -0.462 e. The van der Waals surface area contributed by atoms with E-state index in [2.05, 4.69) is 44.5 Å². The minimum atomic E-state index is -0.394. The van der Waals surface area contributed by atoms with Crippen LogP contribution in [0.15, 0.2) is 60.8 Å². The number of carbonyl (C=O) groups is 1. The second kappa shape index (κ2) is 9.45. The van der Waals surface area contributed by atoms with Crippen molar-refractivity contribution in [3.63, 3.8) is 0 Å². The van der Waals surface area contributed by atoms with Gasteiger partial charge >= 0.3 is 5.97 Å². The molecule has 0 aliphatic heterocycles. The van der Waals surface area contributed by atoms with Gasteiger partial charge in [0.25, 0.3) is 0 Å². The molecular weight excluding hydrogens is 354 g/mol. The van der Waals surface area contributed by atoms with Crippen molar-refractivity contribution >= 4 is 23.4 Å². The van der Waals surface area contributed by atoms with E-state index in [1.165, 1.54) is 5.56 Å². The van der Waals surface area contributed by atoms with Gasteiger partial charge in [-0.2, -0.15) is 10.1 Å². The molecule has 0 saturated heterocycles. The van der Waals surface area contributed by atoms with E-state index in [9.17, 15) is 4.79 Å². The van der Waals surface area contributed by atoms with Crippen LogP contribution in [0, 0.1) is 0 Å². The molecule has 144 valence electrons. The van der Waals surface area contributed by atoms with Crippen molar-refractivity contribution in [3.8, 4) is 0 Å². The largest absolute Gasteiger partial charge is 0.462 e. The fourth-order valence-corrected chi connectivity index (χ4v) is 2.76. The van der Waals surface area contributed by atoms with Crippen molar-refractivity contribution in [2.75, 3.05) is 23.4 Å². The Bertz CT molecular complexity index is 917. The third-order valence-electron chi connectivity index (χ3n) is 4.14. The quantitative estimate of drug-likeness (QED) is 0.598. The highest BCUT2D eigenvalue weighted by atomic mass is 16.5. The van der Waals surface area contributed by atoms with Crippen LogP contribution in [-0.4, -0.2) is 34.3 Å². The van der Waals surface area contributed by atoms with Crippen molar-refractivity contribution in [1.29, 1.82) is 0 Å². The summed E-state index contributed by atoms with van der Waals surface area (Å²) in [6.45, 7) is 5.64. The first-order valence-electron chi connectivity index (χ1n) is 9.23. The molecule has 1 N–H and O–H groups in total. The van der Waals surface area contributed by atoms with Crippen LogP contribution in [0.3, 0.4) is 0 Å². The Balaban J connectivity index is 1.81. The SMILES string of the molecule is CCOC(=O)c1ccccc1Nc1nncc(N(CC)Cc2ccccc2)n1. The Morgan fingerprint density at radius 2 is 1.82 bits per heavy atom. The summed E-state index contributed by atoms with van der Waals surface area (Å²) in [5.41, 5.74) is 2.19. The van der Waals surface area contributed by atoms with Gasteiger partial charge in [0.2, 0.25) is 5.95 Å². The van der Waals surface area contributed by atoms with Gasteiger partial charge in [0.05, 0.1) is 24.1 Å². The van der Waals surface area contributed by atoms with Crippen molar-refractivity contribution in [2.45, 2.75) is 20.4 Å². The summed E-state index contributed by atoms with van der Waals surface area (Å²) in [5.74, 6) is 0.632. The maximum absolute atomic E-state index is 12.2. The zero-order valence-electron chi connectivity index (χ0n) is 16.0. The number of anilines is 3. The van der Waals surface area contributed by atoms with E-state index >= 15 is 0 Å². The number of nitrogens with one attached hydrogen (secondary N) is 1. The predicted octanol–water partition coefficient (Wildman–Crippen LogP) is 3.82. The first kappa shape index (κ1) is 19.3. The summed E-state index contributed by atoms with van der Waals surface area (Å²) >= 11 is 0. The van der Waals surface area contributed by atoms with Crippen LogP contribution in [0.5, 0.6) is 0 Å². The van der Waals surface area contributed by atoms with E-state index in [1.54, 1.807) is 31.3 Å². The smallest absolute Gasteiger partial charge is 0.340 e. The standard InChI is InChI=1S/C21H23N5O2/c1-3-26(15-16-10-6-5-7-11-16)19-14-22-25-21(24-19)23-18-13-9-8-12-17(18)20(27)28-4-2/h5-14H,3-4,15H2,1-2H3,(H,23,24,25). The lowest BCUT2D eigenvalue weighted by atomic mass is 10.2. The number of ether oxygens (including phenoxy) is 1. The maximum Gasteiger partial charge on any atom is 0.340 e. The van der Waals surface area contributed by atoms with Crippen LogP contribution in [-0.2, 0) is 11.3 Å². The lowest BCUT2D eigenvalue weighted by Gasteiger charge is -2.22. The summed E-state index contributed by atoms with van der Waals surface area (Å²) in [7, 11) is 0. The van der Waals surface area contributed by atoms with E-state index in [1.807, 2.05) is 24.3 Å². The maximum atomic E-state index is 12.2. The third kappa shape index (κ3) is 4.82. The zero-order chi connectivity index (χ0) is 19.8. The number of carbonyl (C=O) groups excluding carboxylic acids is 1. The van der Waals surface area contributed by atoms with Gasteiger partial charge in [0.15, 0.2) is 5.82 Å². The number of hydrogen-bond donors (Lipinski definition) is 1. The van der Waals surface area contributed by atoms with E-state index in [0.717, 1.165) is 13.1 Å². The third-order valence-corrected chi connectivity index (χ3v) is 4.14. The number of esters is 1. The summed E-state index contributed by atoms with van der Waals surface area (Å²) in [6.07, 6.45) is 1.63. The topological polar surface area (TPSA) is 80.2 Å². The second-order valence-electron chi connectivity index (χ2n) is 6.03. The fourth-order valence-electron chi connectivity index (χ4n) is 2.76. The number of rotatable bonds is 8. The van der Waals surface area contributed by atoms with E-state index in [4.69, 9.17) is 4.74 Å². The molecule has 7 heteroatoms. The summed E-state index contributed by atoms with van der Waals surface area (Å²) < 4.78 is 5.11. The van der Waals surface area contributed by atoms with Crippen molar-refractivity contribution in [1.82, 2.24) is 15.2 Å². The fraction of sp³-hybridized carbons (Fsp3) is 0.238. The molecule has 0 aliphatic rings. The number of para-hydroxylation sites is 1. The van der Waals surface area contributed by atoms with Crippen LogP contribution < -0.4 is 10.2 Å². The highest BCUT2D eigenvalue weighted by Gasteiger charge is 2.14. The van der Waals surface area contributed by atoms with Crippen LogP contribution in [0.25, 0.3) is 0 Å². The molecule has 0 aliphatic carbocycles. The molecule has 1 aromatic heterocycles. The molecule has 28 heavy (non-hydrogen) atoms. The molecule has 0 unspecified atom stereocenters. The molecule has 2 aromatic carbocycles. The summed E-state index contributed by atoms with van der Waals surface area (Å²) in [6, 6.07) is 17.3. The number of nitrogens with zero attached hydrogens (tertiary/aromatic N) is 4. The molecule has 3 aromatic rings. The van der Waals surface area contributed by atoms with E-state index in [0.29, 0.717) is 29.6 Å². The average Bonchev–Trinajstić information content (AvgIpc) is 2.73. The second-order valence-corrected chi connectivity index (χ2v) is 6.03. The van der Waals surface area contributed by atoms with Crippen molar-refractivity contribution < 1.29 is 9.53 Å². The summed E-state index contributed by atoms with van der Waals surface area (Å²) in [4.78, 5) is 18.8. The van der Waals surface area contributed by atoms with Crippen LogP contribution in [0.1, 0.15) is 29.8 Å². The van der Waals surface area contributed by atoms with Crippen molar-refractivity contribution in [3.05, 3.63) is 71.9 Å². The van der Waals surface area contributed by atoms with Crippen molar-refractivity contribution in [2.24, 2.45) is 0 Å². The average molecular weight is 377 g/mol. The molecule has 0 saturated carbocycles. The lowest BCUT2D eigenvalue weighted by Crippen LogP contribution is -2.23. The van der Waals surface area contributed by atoms with Gasteiger partial charge in [-0.15, -0.1) is 5.10 Å². The normalized spacial score (nSPS) is 10.4. The number of hydrogen-bond acceptors (Lipinski definition) is 7. The molecule has 0 amide bonds. The lowest BCUT2D eigenvalue weighted by molar-refractivity contribution is 0.0527. The Morgan fingerprint density at radius 1 is 1.07 bits per heavy atom. The first-order valence-corrected chi connectivity index (χ1v) is 9.23. The van der Waals surface area contributed by atoms with Gasteiger partial charge in [0.1, 0.15) is 0 Å². The van der Waals surface area contributed by atoms with Crippen LogP contribution in [0.2, 0.25) is 0 Å². The highest BCUT2D eigenvalue weighted by Crippen LogP contribution is 2.21. The predicted molar refractivity (Wildman–Crippen MR) is 109 cm³/mol. The monoisotopic (exact) mass is 377 g/mol. The van der Waals surface area contributed by atoms with Gasteiger partial charge < -0.3 is 15.0 Å². The number of benzene rings is 2. The van der Waals surface area contributed by atoms with Gasteiger partial charge in [-0.25, -0.2) is 4.79 Å². The minimum absolute atomic E-state index is 0.311. The first-order chi connectivity index (χ1) is 13.7. The molecule has 1 heterocycles. The molecule has 0 spiro atoms. The van der Waals surface area contributed by atoms with Gasteiger partial charge in [0, 0.05) is 13.1 Å². The molecule has 0 fully saturated rings. The summed E-state index contributed by atoms with van der Waals surface area (Å²) in [5, 5.41) is 11.2. The Hall–Kier alpha value is -3.48. The Kier molecular flexibility index (Phi) is 6.51. The zero-order valence-corrected chi connectivity index (χ0v) is 16.0. The Labute approximate surface area is 164 Å². The van der Waals surface area contributed by atoms with Crippen LogP contribution >= 0.6 is 0 Å². The molecule has 7 nitrogen and oxygen atoms in total.